The zero-order valence-corrected chi connectivity index (χ0v) is 17.4. The second-order valence-electron chi connectivity index (χ2n) is 8.01. The molecule has 168 valence electrons. The van der Waals surface area contributed by atoms with Gasteiger partial charge in [-0.15, -0.1) is 10.2 Å². The van der Waals surface area contributed by atoms with Crippen molar-refractivity contribution in [2.24, 2.45) is 7.05 Å². The maximum atomic E-state index is 15.5. The number of alkyl halides is 2. The molecular weight excluding hydrogens is 437 g/mol. The minimum absolute atomic E-state index is 0.118. The molecular formula is C21H17F3N8O. The van der Waals surface area contributed by atoms with Crippen molar-refractivity contribution in [2.45, 2.75) is 18.4 Å². The summed E-state index contributed by atoms with van der Waals surface area (Å²) in [6.07, 6.45) is 5.80. The first kappa shape index (κ1) is 19.9. The summed E-state index contributed by atoms with van der Waals surface area (Å²) >= 11 is 0. The van der Waals surface area contributed by atoms with Crippen LogP contribution < -0.4 is 0 Å². The van der Waals surface area contributed by atoms with Crippen molar-refractivity contribution in [1.29, 1.82) is 0 Å². The lowest BCUT2D eigenvalue weighted by atomic mass is 10.0. The number of nitrogens with zero attached hydrogens (tertiary/aromatic N) is 8. The Labute approximate surface area is 184 Å². The number of fused-ring (bicyclic) bond motifs is 2. The van der Waals surface area contributed by atoms with Crippen molar-refractivity contribution < 1.29 is 17.9 Å². The summed E-state index contributed by atoms with van der Waals surface area (Å²) in [6, 6.07) is 5.38. The Kier molecular flexibility index (Phi) is 4.27. The van der Waals surface area contributed by atoms with Gasteiger partial charge in [-0.05, 0) is 24.6 Å². The summed E-state index contributed by atoms with van der Waals surface area (Å²) in [4.78, 5) is 0. The molecule has 1 aromatic carbocycles. The van der Waals surface area contributed by atoms with Crippen molar-refractivity contribution in [3.05, 3.63) is 60.1 Å². The van der Waals surface area contributed by atoms with Crippen LogP contribution in [0.4, 0.5) is 13.2 Å². The highest BCUT2D eigenvalue weighted by Gasteiger charge is 2.42. The van der Waals surface area contributed by atoms with Gasteiger partial charge in [-0.2, -0.15) is 28.6 Å². The first-order valence-corrected chi connectivity index (χ1v) is 10.3. The van der Waals surface area contributed by atoms with Crippen molar-refractivity contribution >= 4 is 16.6 Å². The molecule has 1 atom stereocenters. The molecule has 12 heteroatoms. The predicted molar refractivity (Wildman–Crippen MR) is 110 cm³/mol. The molecule has 5 aromatic rings. The number of rotatable bonds is 4. The number of ether oxygens (including phenoxy) is 1. The average Bonchev–Trinajstić information content (AvgIpc) is 3.57. The fourth-order valence-corrected chi connectivity index (χ4v) is 4.07. The van der Waals surface area contributed by atoms with Crippen LogP contribution >= 0.6 is 0 Å². The first-order chi connectivity index (χ1) is 15.9. The van der Waals surface area contributed by atoms with E-state index in [0.29, 0.717) is 29.9 Å². The van der Waals surface area contributed by atoms with Crippen LogP contribution in [0.2, 0.25) is 0 Å². The normalized spacial score (nSPS) is 16.9. The summed E-state index contributed by atoms with van der Waals surface area (Å²) < 4.78 is 55.3. The Bertz CT molecular complexity index is 1500. The summed E-state index contributed by atoms with van der Waals surface area (Å²) in [5, 5.41) is 20.6. The van der Waals surface area contributed by atoms with Gasteiger partial charge in [0.15, 0.2) is 5.65 Å². The van der Waals surface area contributed by atoms with Crippen molar-refractivity contribution in [3.63, 3.8) is 0 Å². The summed E-state index contributed by atoms with van der Waals surface area (Å²) in [7, 11) is 1.63. The van der Waals surface area contributed by atoms with Crippen LogP contribution in [0.15, 0.2) is 42.9 Å². The van der Waals surface area contributed by atoms with Gasteiger partial charge in [0.25, 0.3) is 0 Å². The number of halogens is 3. The highest BCUT2D eigenvalue weighted by Crippen LogP contribution is 2.37. The molecule has 0 spiro atoms. The Balaban J connectivity index is 1.43. The lowest BCUT2D eigenvalue weighted by molar-refractivity contribution is 0.0270. The molecule has 1 unspecified atom stereocenters. The summed E-state index contributed by atoms with van der Waals surface area (Å²) in [6.45, 7) is 1.24. The van der Waals surface area contributed by atoms with Crippen LogP contribution in [0.1, 0.15) is 23.9 Å². The Morgan fingerprint density at radius 2 is 2.00 bits per heavy atom. The molecule has 0 N–H and O–H groups in total. The van der Waals surface area contributed by atoms with Crippen LogP contribution in [-0.2, 0) is 17.7 Å². The van der Waals surface area contributed by atoms with Gasteiger partial charge < -0.3 is 4.74 Å². The van der Waals surface area contributed by atoms with Gasteiger partial charge in [-0.3, -0.25) is 9.36 Å². The van der Waals surface area contributed by atoms with E-state index < -0.39 is 23.1 Å². The summed E-state index contributed by atoms with van der Waals surface area (Å²) in [5.74, 6) is -5.65. The second-order valence-corrected chi connectivity index (χ2v) is 8.01. The third kappa shape index (κ3) is 3.17. The molecule has 1 saturated heterocycles. The fraction of sp³-hybridized carbons (Fsp3) is 0.286. The lowest BCUT2D eigenvalue weighted by Gasteiger charge is -2.15. The van der Waals surface area contributed by atoms with Gasteiger partial charge in [-0.25, -0.2) is 4.39 Å². The van der Waals surface area contributed by atoms with Crippen molar-refractivity contribution in [2.75, 3.05) is 13.2 Å². The van der Waals surface area contributed by atoms with Gasteiger partial charge >= 0.3 is 5.92 Å². The van der Waals surface area contributed by atoms with E-state index in [1.54, 1.807) is 36.4 Å². The molecule has 6 rings (SSSR count). The first-order valence-electron chi connectivity index (χ1n) is 10.3. The quantitative estimate of drug-likeness (QED) is 0.415. The zero-order valence-electron chi connectivity index (χ0n) is 17.4. The molecule has 4 aromatic heterocycles. The molecule has 0 amide bonds. The predicted octanol–water partition coefficient (Wildman–Crippen LogP) is 3.12. The molecule has 5 heterocycles. The van der Waals surface area contributed by atoms with Crippen LogP contribution in [0.3, 0.4) is 0 Å². The van der Waals surface area contributed by atoms with Crippen molar-refractivity contribution in [3.8, 4) is 11.3 Å². The Morgan fingerprint density at radius 3 is 2.82 bits per heavy atom. The van der Waals surface area contributed by atoms with Gasteiger partial charge in [0.2, 0.25) is 5.82 Å². The van der Waals surface area contributed by atoms with E-state index in [0.717, 1.165) is 23.1 Å². The minimum Gasteiger partial charge on any atom is -0.379 e. The second kappa shape index (κ2) is 7.10. The standard InChI is InChI=1S/C21H17F3N8O/c1-30-9-12-6-15(16(22)7-18(12)28-30)21(23,24)20-27-26-19-3-2-17(29-32(19)20)13-8-25-31(10-13)14-4-5-33-11-14/h2-3,6-10,14H,4-5,11H2,1H3. The molecule has 9 nitrogen and oxygen atoms in total. The molecule has 1 fully saturated rings. The molecule has 33 heavy (non-hydrogen) atoms. The third-order valence-electron chi connectivity index (χ3n) is 5.77. The topological polar surface area (TPSA) is 88.0 Å². The molecule has 0 saturated carbocycles. The van der Waals surface area contributed by atoms with E-state index in [-0.39, 0.29) is 17.2 Å². The molecule has 0 bridgehead atoms. The molecule has 0 radical (unpaired) electrons. The lowest BCUT2D eigenvalue weighted by Crippen LogP contribution is -2.22. The van der Waals surface area contributed by atoms with E-state index >= 15 is 8.78 Å². The smallest absolute Gasteiger partial charge is 0.336 e. The van der Waals surface area contributed by atoms with Gasteiger partial charge in [0.1, 0.15) is 5.82 Å². The van der Waals surface area contributed by atoms with E-state index in [4.69, 9.17) is 4.74 Å². The van der Waals surface area contributed by atoms with E-state index in [2.05, 4.69) is 25.5 Å². The highest BCUT2D eigenvalue weighted by molar-refractivity contribution is 5.79. The largest absolute Gasteiger partial charge is 0.379 e. The summed E-state index contributed by atoms with van der Waals surface area (Å²) in [5.41, 5.74) is 0.639. The maximum Gasteiger partial charge on any atom is 0.336 e. The Morgan fingerprint density at radius 1 is 1.12 bits per heavy atom. The SMILES string of the molecule is Cn1cc2cc(C(F)(F)c3nnc4ccc(-c5cnn(C6CCOC6)c5)nn34)c(F)cc2n1. The molecule has 1 aliphatic rings. The third-order valence-corrected chi connectivity index (χ3v) is 5.77. The van der Waals surface area contributed by atoms with E-state index in [9.17, 15) is 4.39 Å². The van der Waals surface area contributed by atoms with Crippen LogP contribution in [-0.4, -0.2) is 52.6 Å². The number of benzene rings is 1. The van der Waals surface area contributed by atoms with Crippen LogP contribution in [0.5, 0.6) is 0 Å². The van der Waals surface area contributed by atoms with Gasteiger partial charge in [0.05, 0.1) is 35.6 Å². The van der Waals surface area contributed by atoms with Gasteiger partial charge in [-0.1, -0.05) is 0 Å². The van der Waals surface area contributed by atoms with E-state index in [1.807, 2.05) is 0 Å². The highest BCUT2D eigenvalue weighted by atomic mass is 19.3. The number of aromatic nitrogens is 8. The Hall–Kier alpha value is -3.80. The van der Waals surface area contributed by atoms with Gasteiger partial charge in [0, 0.05) is 43.1 Å². The van der Waals surface area contributed by atoms with Crippen molar-refractivity contribution in [1.82, 2.24) is 39.4 Å². The average molecular weight is 454 g/mol. The molecule has 1 aliphatic heterocycles. The number of hydrogen-bond donors (Lipinski definition) is 0. The monoisotopic (exact) mass is 454 g/mol. The fourth-order valence-electron chi connectivity index (χ4n) is 4.07. The van der Waals surface area contributed by atoms with Crippen LogP contribution in [0, 0.1) is 5.82 Å². The van der Waals surface area contributed by atoms with Crippen LogP contribution in [0.25, 0.3) is 27.8 Å². The minimum atomic E-state index is -3.79. The van der Waals surface area contributed by atoms with E-state index in [1.165, 1.54) is 10.7 Å². The maximum absolute atomic E-state index is 15.5. The number of aryl methyl sites for hydroxylation is 1. The number of hydrogen-bond acceptors (Lipinski definition) is 6. The molecule has 0 aliphatic carbocycles. The zero-order chi connectivity index (χ0) is 22.7.